The van der Waals surface area contributed by atoms with Crippen LogP contribution in [-0.4, -0.2) is 30.1 Å². The Morgan fingerprint density at radius 3 is 2.75 bits per heavy atom. The molecule has 12 heavy (non-hydrogen) atoms. The van der Waals surface area contributed by atoms with Gasteiger partial charge in [0, 0.05) is 32.0 Å². The molecule has 3 heteroatoms. The van der Waals surface area contributed by atoms with Crippen LogP contribution in [0.25, 0.3) is 0 Å². The Bertz CT molecular complexity index is 227. The van der Waals surface area contributed by atoms with Crippen molar-refractivity contribution in [1.82, 2.24) is 9.47 Å². The molecule has 0 unspecified atom stereocenters. The Morgan fingerprint density at radius 1 is 1.50 bits per heavy atom. The summed E-state index contributed by atoms with van der Waals surface area (Å²) in [6.07, 6.45) is 4.18. The fourth-order valence-corrected chi connectivity index (χ4v) is 1.07. The highest BCUT2D eigenvalue weighted by atomic mass is 15.1. The van der Waals surface area contributed by atoms with Gasteiger partial charge in [0.15, 0.2) is 0 Å². The minimum Gasteiger partial charge on any atom is -0.353 e. The highest BCUT2D eigenvalue weighted by molar-refractivity contribution is 5.09. The van der Waals surface area contributed by atoms with Gasteiger partial charge < -0.3 is 15.2 Å². The molecule has 68 valence electrons. The van der Waals surface area contributed by atoms with Crippen LogP contribution >= 0.6 is 0 Å². The molecule has 1 aromatic heterocycles. The van der Waals surface area contributed by atoms with Crippen molar-refractivity contribution in [3.05, 3.63) is 24.0 Å². The summed E-state index contributed by atoms with van der Waals surface area (Å²) in [7, 11) is 4.15. The maximum absolute atomic E-state index is 5.50. The van der Waals surface area contributed by atoms with Crippen molar-refractivity contribution in [1.29, 1.82) is 0 Å². The monoisotopic (exact) mass is 167 g/mol. The van der Waals surface area contributed by atoms with E-state index in [0.717, 1.165) is 13.1 Å². The molecule has 2 N–H and O–H groups in total. The van der Waals surface area contributed by atoms with Gasteiger partial charge in [-0.3, -0.25) is 0 Å². The molecule has 0 saturated heterocycles. The van der Waals surface area contributed by atoms with E-state index in [4.69, 9.17) is 5.73 Å². The number of rotatable bonds is 4. The number of hydrogen-bond donors (Lipinski definition) is 1. The van der Waals surface area contributed by atoms with Crippen LogP contribution in [0.2, 0.25) is 0 Å². The van der Waals surface area contributed by atoms with E-state index >= 15 is 0 Å². The van der Waals surface area contributed by atoms with Gasteiger partial charge in [-0.1, -0.05) is 0 Å². The van der Waals surface area contributed by atoms with Crippen LogP contribution in [0.1, 0.15) is 5.56 Å². The summed E-state index contributed by atoms with van der Waals surface area (Å²) in [4.78, 5) is 2.17. The Kier molecular flexibility index (Phi) is 3.31. The molecule has 1 aromatic rings. The van der Waals surface area contributed by atoms with Gasteiger partial charge in [-0.2, -0.15) is 0 Å². The number of nitrogens with zero attached hydrogens (tertiary/aromatic N) is 2. The van der Waals surface area contributed by atoms with Crippen molar-refractivity contribution in [3.8, 4) is 0 Å². The third-order valence-corrected chi connectivity index (χ3v) is 1.85. The van der Waals surface area contributed by atoms with Crippen LogP contribution < -0.4 is 5.73 Å². The lowest BCUT2D eigenvalue weighted by Gasteiger charge is -2.09. The largest absolute Gasteiger partial charge is 0.353 e. The van der Waals surface area contributed by atoms with Gasteiger partial charge in [-0.05, 0) is 25.7 Å². The topological polar surface area (TPSA) is 34.2 Å². The zero-order chi connectivity index (χ0) is 8.97. The quantitative estimate of drug-likeness (QED) is 0.709. The normalized spacial score (nSPS) is 11.0. The lowest BCUT2D eigenvalue weighted by atomic mass is 10.3. The second-order valence-electron chi connectivity index (χ2n) is 3.26. The molecule has 0 fully saturated rings. The first-order valence-corrected chi connectivity index (χ1v) is 4.22. The maximum Gasteiger partial charge on any atom is 0.0347 e. The van der Waals surface area contributed by atoms with E-state index in [1.807, 2.05) is 0 Å². The van der Waals surface area contributed by atoms with Gasteiger partial charge in [0.2, 0.25) is 0 Å². The minimum absolute atomic E-state index is 0.634. The first-order chi connectivity index (χ1) is 5.72. The van der Waals surface area contributed by atoms with Crippen molar-refractivity contribution < 1.29 is 0 Å². The molecule has 1 rings (SSSR count). The van der Waals surface area contributed by atoms with E-state index in [2.05, 4.69) is 42.0 Å². The molecule has 0 aliphatic rings. The first kappa shape index (κ1) is 9.29. The zero-order valence-corrected chi connectivity index (χ0v) is 7.83. The molecule has 0 saturated carbocycles. The van der Waals surface area contributed by atoms with Crippen LogP contribution in [-0.2, 0) is 13.1 Å². The molecule has 0 spiro atoms. The summed E-state index contributed by atoms with van der Waals surface area (Å²) in [5.41, 5.74) is 6.70. The Labute approximate surface area is 73.8 Å². The molecule has 0 amide bonds. The lowest BCUT2D eigenvalue weighted by Crippen LogP contribution is -2.17. The van der Waals surface area contributed by atoms with Crippen molar-refractivity contribution in [2.45, 2.75) is 13.1 Å². The number of aromatic nitrogens is 1. The predicted molar refractivity (Wildman–Crippen MR) is 50.9 cm³/mol. The standard InChI is InChI=1S/C9H17N3/c1-11(2)5-6-12-4-3-9(7-10)8-12/h3-4,8H,5-7,10H2,1-2H3. The van der Waals surface area contributed by atoms with Gasteiger partial charge in [-0.25, -0.2) is 0 Å². The minimum atomic E-state index is 0.634. The van der Waals surface area contributed by atoms with E-state index in [1.54, 1.807) is 0 Å². The third-order valence-electron chi connectivity index (χ3n) is 1.85. The van der Waals surface area contributed by atoms with Gasteiger partial charge in [0.1, 0.15) is 0 Å². The molecular weight excluding hydrogens is 150 g/mol. The fraction of sp³-hybridized carbons (Fsp3) is 0.556. The third kappa shape index (κ3) is 2.68. The predicted octanol–water partition coefficient (Wildman–Crippen LogP) is 0.508. The van der Waals surface area contributed by atoms with E-state index in [-0.39, 0.29) is 0 Å². The van der Waals surface area contributed by atoms with Crippen LogP contribution in [0.3, 0.4) is 0 Å². The lowest BCUT2D eigenvalue weighted by molar-refractivity contribution is 0.384. The van der Waals surface area contributed by atoms with Crippen molar-refractivity contribution in [2.75, 3.05) is 20.6 Å². The summed E-state index contributed by atoms with van der Waals surface area (Å²) < 4.78 is 2.17. The molecule has 0 aliphatic heterocycles. The Hall–Kier alpha value is -0.800. The zero-order valence-electron chi connectivity index (χ0n) is 7.83. The van der Waals surface area contributed by atoms with Gasteiger partial charge in [0.25, 0.3) is 0 Å². The fourth-order valence-electron chi connectivity index (χ4n) is 1.07. The molecule has 1 heterocycles. The molecule has 3 nitrogen and oxygen atoms in total. The summed E-state index contributed by atoms with van der Waals surface area (Å²) in [5, 5.41) is 0. The molecule has 0 radical (unpaired) electrons. The second-order valence-corrected chi connectivity index (χ2v) is 3.26. The maximum atomic E-state index is 5.50. The van der Waals surface area contributed by atoms with E-state index < -0.39 is 0 Å². The smallest absolute Gasteiger partial charge is 0.0347 e. The summed E-state index contributed by atoms with van der Waals surface area (Å²) in [6.45, 7) is 2.74. The van der Waals surface area contributed by atoms with E-state index in [1.165, 1.54) is 5.56 Å². The van der Waals surface area contributed by atoms with E-state index in [9.17, 15) is 0 Å². The van der Waals surface area contributed by atoms with Crippen LogP contribution in [0.4, 0.5) is 0 Å². The Morgan fingerprint density at radius 2 is 2.25 bits per heavy atom. The van der Waals surface area contributed by atoms with Crippen LogP contribution in [0.5, 0.6) is 0 Å². The molecule has 0 atom stereocenters. The van der Waals surface area contributed by atoms with Gasteiger partial charge in [-0.15, -0.1) is 0 Å². The van der Waals surface area contributed by atoms with Crippen molar-refractivity contribution in [2.24, 2.45) is 5.73 Å². The average Bonchev–Trinajstić information content (AvgIpc) is 2.48. The summed E-state index contributed by atoms with van der Waals surface area (Å²) >= 11 is 0. The SMILES string of the molecule is CN(C)CCn1ccc(CN)c1. The molecule has 0 aromatic carbocycles. The Balaban J connectivity index is 2.41. The van der Waals surface area contributed by atoms with Crippen molar-refractivity contribution >= 4 is 0 Å². The molecular formula is C9H17N3. The molecule has 0 aliphatic carbocycles. The van der Waals surface area contributed by atoms with Crippen molar-refractivity contribution in [3.63, 3.8) is 0 Å². The highest BCUT2D eigenvalue weighted by Crippen LogP contribution is 1.99. The van der Waals surface area contributed by atoms with Crippen LogP contribution in [0.15, 0.2) is 18.5 Å². The number of nitrogens with two attached hydrogens (primary N) is 1. The number of hydrogen-bond acceptors (Lipinski definition) is 2. The van der Waals surface area contributed by atoms with Gasteiger partial charge in [0.05, 0.1) is 0 Å². The molecule has 0 bridgehead atoms. The average molecular weight is 167 g/mol. The second kappa shape index (κ2) is 4.28. The van der Waals surface area contributed by atoms with Gasteiger partial charge >= 0.3 is 0 Å². The number of likely N-dealkylation sites (N-methyl/N-ethyl adjacent to an activating group) is 1. The summed E-state index contributed by atoms with van der Waals surface area (Å²) in [6, 6.07) is 2.07. The van der Waals surface area contributed by atoms with Crippen LogP contribution in [0, 0.1) is 0 Å². The highest BCUT2D eigenvalue weighted by Gasteiger charge is 1.94. The summed E-state index contributed by atoms with van der Waals surface area (Å²) in [5.74, 6) is 0. The first-order valence-electron chi connectivity index (χ1n) is 4.22. The van der Waals surface area contributed by atoms with E-state index in [0.29, 0.717) is 6.54 Å².